The molecule has 1 rings (SSSR count). The molecule has 0 atom stereocenters. The molecule has 0 aliphatic heterocycles. The summed E-state index contributed by atoms with van der Waals surface area (Å²) in [6.45, 7) is 3.62. The first-order valence-electron chi connectivity index (χ1n) is 3.76. The van der Waals surface area contributed by atoms with Gasteiger partial charge in [-0.25, -0.2) is 0 Å². The van der Waals surface area contributed by atoms with Crippen molar-refractivity contribution < 1.29 is 4.92 Å². The van der Waals surface area contributed by atoms with Crippen molar-refractivity contribution in [2.24, 2.45) is 0 Å². The van der Waals surface area contributed by atoms with Crippen LogP contribution in [-0.2, 0) is 6.42 Å². The van der Waals surface area contributed by atoms with Crippen LogP contribution in [0.4, 0.5) is 5.69 Å². The molecular formula is C8H10N2O2. The van der Waals surface area contributed by atoms with Gasteiger partial charge in [-0.1, -0.05) is 6.92 Å². The lowest BCUT2D eigenvalue weighted by Crippen LogP contribution is -1.96. The van der Waals surface area contributed by atoms with E-state index in [-0.39, 0.29) is 5.69 Å². The number of aromatic nitrogens is 1. The molecule has 0 aliphatic carbocycles. The van der Waals surface area contributed by atoms with Crippen LogP contribution in [0.1, 0.15) is 18.3 Å². The van der Waals surface area contributed by atoms with Gasteiger partial charge >= 0.3 is 0 Å². The normalized spacial score (nSPS) is 9.83. The van der Waals surface area contributed by atoms with E-state index < -0.39 is 4.92 Å². The third kappa shape index (κ3) is 1.58. The maximum Gasteiger partial charge on any atom is 0.290 e. The van der Waals surface area contributed by atoms with Gasteiger partial charge in [-0.05, 0) is 19.4 Å². The van der Waals surface area contributed by atoms with Gasteiger partial charge in [-0.15, -0.1) is 0 Å². The summed E-state index contributed by atoms with van der Waals surface area (Å²) in [5.74, 6) is 0. The van der Waals surface area contributed by atoms with Crippen molar-refractivity contribution in [1.29, 1.82) is 0 Å². The van der Waals surface area contributed by atoms with Gasteiger partial charge in [0.15, 0.2) is 0 Å². The first-order chi connectivity index (χ1) is 5.65. The van der Waals surface area contributed by atoms with E-state index in [1.807, 2.05) is 6.92 Å². The van der Waals surface area contributed by atoms with E-state index in [2.05, 4.69) is 4.98 Å². The van der Waals surface area contributed by atoms with Gasteiger partial charge in [0.1, 0.15) is 5.69 Å². The van der Waals surface area contributed by atoms with Crippen LogP contribution in [0.25, 0.3) is 0 Å². The maximum absolute atomic E-state index is 10.4. The van der Waals surface area contributed by atoms with Crippen LogP contribution >= 0.6 is 0 Å². The van der Waals surface area contributed by atoms with Crippen molar-refractivity contribution in [2.45, 2.75) is 20.3 Å². The third-order valence-electron chi connectivity index (χ3n) is 1.67. The minimum Gasteiger partial charge on any atom is -0.258 e. The number of hydrogen-bond donors (Lipinski definition) is 0. The lowest BCUT2D eigenvalue weighted by Gasteiger charge is -1.98. The number of nitro groups is 1. The van der Waals surface area contributed by atoms with E-state index in [0.29, 0.717) is 5.69 Å². The molecule has 0 saturated carbocycles. The zero-order valence-corrected chi connectivity index (χ0v) is 7.07. The maximum atomic E-state index is 10.4. The number of aryl methyl sites for hydroxylation is 2. The van der Waals surface area contributed by atoms with Crippen LogP contribution in [0, 0.1) is 17.0 Å². The van der Waals surface area contributed by atoms with Crippen molar-refractivity contribution in [3.05, 3.63) is 33.6 Å². The van der Waals surface area contributed by atoms with Crippen molar-refractivity contribution in [3.63, 3.8) is 0 Å². The Kier molecular flexibility index (Phi) is 2.38. The smallest absolute Gasteiger partial charge is 0.258 e. The Bertz CT molecular complexity index is 310. The summed E-state index contributed by atoms with van der Waals surface area (Å²) in [5, 5.41) is 10.4. The summed E-state index contributed by atoms with van der Waals surface area (Å²) < 4.78 is 0. The Hall–Kier alpha value is -1.45. The summed E-state index contributed by atoms with van der Waals surface area (Å²) in [5.41, 5.74) is 1.46. The molecule has 4 heteroatoms. The van der Waals surface area contributed by atoms with Gasteiger partial charge < -0.3 is 0 Å². The fourth-order valence-corrected chi connectivity index (χ4v) is 0.996. The monoisotopic (exact) mass is 166 g/mol. The standard InChI is InChI=1S/C8H10N2O2/c1-3-7-4-5-8(10(11)12)6(2)9-7/h4-5H,3H2,1-2H3. The van der Waals surface area contributed by atoms with Gasteiger partial charge in [0, 0.05) is 11.8 Å². The molecule has 0 saturated heterocycles. The second kappa shape index (κ2) is 3.30. The predicted octanol–water partition coefficient (Wildman–Crippen LogP) is 1.86. The van der Waals surface area contributed by atoms with Crippen molar-refractivity contribution in [3.8, 4) is 0 Å². The zero-order chi connectivity index (χ0) is 9.14. The number of nitrogens with zero attached hydrogens (tertiary/aromatic N) is 2. The van der Waals surface area contributed by atoms with Gasteiger partial charge in [0.25, 0.3) is 5.69 Å². The van der Waals surface area contributed by atoms with Crippen LogP contribution in [0.2, 0.25) is 0 Å². The Morgan fingerprint density at radius 1 is 1.58 bits per heavy atom. The summed E-state index contributed by atoms with van der Waals surface area (Å²) in [7, 11) is 0. The van der Waals surface area contributed by atoms with Crippen LogP contribution < -0.4 is 0 Å². The Labute approximate surface area is 70.4 Å². The van der Waals surface area contributed by atoms with E-state index in [4.69, 9.17) is 0 Å². The van der Waals surface area contributed by atoms with E-state index in [0.717, 1.165) is 12.1 Å². The molecule has 0 amide bonds. The quantitative estimate of drug-likeness (QED) is 0.497. The molecule has 1 aromatic rings. The lowest BCUT2D eigenvalue weighted by molar-refractivity contribution is -0.385. The SMILES string of the molecule is CCc1ccc([N+](=O)[O-])c(C)n1. The first kappa shape index (κ1) is 8.64. The van der Waals surface area contributed by atoms with E-state index in [1.165, 1.54) is 6.07 Å². The summed E-state index contributed by atoms with van der Waals surface area (Å²) in [6.07, 6.45) is 0.804. The van der Waals surface area contributed by atoms with Crippen LogP contribution in [0.5, 0.6) is 0 Å². The third-order valence-corrected chi connectivity index (χ3v) is 1.67. The highest BCUT2D eigenvalue weighted by Gasteiger charge is 2.10. The molecule has 1 aromatic heterocycles. The van der Waals surface area contributed by atoms with Crippen molar-refractivity contribution in [2.75, 3.05) is 0 Å². The zero-order valence-electron chi connectivity index (χ0n) is 7.07. The van der Waals surface area contributed by atoms with Gasteiger partial charge in [0.2, 0.25) is 0 Å². The largest absolute Gasteiger partial charge is 0.290 e. The Morgan fingerprint density at radius 2 is 2.25 bits per heavy atom. The number of hydrogen-bond acceptors (Lipinski definition) is 3. The summed E-state index contributed by atoms with van der Waals surface area (Å²) in [6, 6.07) is 3.19. The molecule has 4 nitrogen and oxygen atoms in total. The predicted molar refractivity (Wildman–Crippen MR) is 45.0 cm³/mol. The average molecular weight is 166 g/mol. The topological polar surface area (TPSA) is 56.0 Å². The highest BCUT2D eigenvalue weighted by atomic mass is 16.6. The molecule has 0 spiro atoms. The van der Waals surface area contributed by atoms with Gasteiger partial charge in [-0.2, -0.15) is 0 Å². The molecule has 0 unspecified atom stereocenters. The molecule has 0 bridgehead atoms. The lowest BCUT2D eigenvalue weighted by atomic mass is 10.2. The van der Waals surface area contributed by atoms with Crippen LogP contribution in [-0.4, -0.2) is 9.91 Å². The fraction of sp³-hybridized carbons (Fsp3) is 0.375. The highest BCUT2D eigenvalue weighted by Crippen LogP contribution is 2.15. The molecule has 0 radical (unpaired) electrons. The molecule has 64 valence electrons. The molecular weight excluding hydrogens is 156 g/mol. The highest BCUT2D eigenvalue weighted by molar-refractivity contribution is 5.35. The number of rotatable bonds is 2. The minimum absolute atomic E-state index is 0.0900. The Morgan fingerprint density at radius 3 is 2.67 bits per heavy atom. The van der Waals surface area contributed by atoms with Gasteiger partial charge in [-0.3, -0.25) is 15.1 Å². The van der Waals surface area contributed by atoms with E-state index in [9.17, 15) is 10.1 Å². The molecule has 12 heavy (non-hydrogen) atoms. The van der Waals surface area contributed by atoms with Crippen molar-refractivity contribution >= 4 is 5.69 Å². The van der Waals surface area contributed by atoms with Crippen LogP contribution in [0.3, 0.4) is 0 Å². The molecule has 0 fully saturated rings. The van der Waals surface area contributed by atoms with Gasteiger partial charge in [0.05, 0.1) is 4.92 Å². The van der Waals surface area contributed by atoms with E-state index >= 15 is 0 Å². The fourth-order valence-electron chi connectivity index (χ4n) is 0.996. The van der Waals surface area contributed by atoms with Crippen molar-refractivity contribution in [1.82, 2.24) is 4.98 Å². The second-order valence-corrected chi connectivity index (χ2v) is 2.52. The molecule has 0 aromatic carbocycles. The molecule has 0 aliphatic rings. The second-order valence-electron chi connectivity index (χ2n) is 2.52. The average Bonchev–Trinajstić information content (AvgIpc) is 2.03. The number of pyridine rings is 1. The van der Waals surface area contributed by atoms with E-state index in [1.54, 1.807) is 13.0 Å². The first-order valence-corrected chi connectivity index (χ1v) is 3.76. The molecule has 1 heterocycles. The Balaban J connectivity index is 3.12. The summed E-state index contributed by atoms with van der Waals surface area (Å²) in [4.78, 5) is 14.0. The summed E-state index contributed by atoms with van der Waals surface area (Å²) >= 11 is 0. The van der Waals surface area contributed by atoms with Crippen LogP contribution in [0.15, 0.2) is 12.1 Å². The minimum atomic E-state index is -0.415. The molecule has 0 N–H and O–H groups in total.